The molecule has 1 aliphatic heterocycles. The van der Waals surface area contributed by atoms with Crippen molar-refractivity contribution in [3.8, 4) is 0 Å². The van der Waals surface area contributed by atoms with Crippen LogP contribution in [0.15, 0.2) is 34.3 Å². The minimum Gasteiger partial charge on any atom is -0.467 e. The van der Waals surface area contributed by atoms with Crippen molar-refractivity contribution in [1.29, 1.82) is 0 Å². The Morgan fingerprint density at radius 2 is 2.25 bits per heavy atom. The number of rotatable bonds is 6. The second-order valence-electron chi connectivity index (χ2n) is 5.87. The molecule has 1 unspecified atom stereocenters. The molecule has 6 nitrogen and oxygen atoms in total. The van der Waals surface area contributed by atoms with Gasteiger partial charge in [0, 0.05) is 31.6 Å². The van der Waals surface area contributed by atoms with E-state index in [9.17, 15) is 4.79 Å². The summed E-state index contributed by atoms with van der Waals surface area (Å²) in [6.45, 7) is 4.16. The van der Waals surface area contributed by atoms with Crippen LogP contribution in [-0.4, -0.2) is 55.6 Å². The minimum absolute atomic E-state index is 0.0479. The van der Waals surface area contributed by atoms with Crippen molar-refractivity contribution < 1.29 is 13.9 Å². The van der Waals surface area contributed by atoms with E-state index in [2.05, 4.69) is 22.4 Å². The second kappa shape index (κ2) is 7.94. The molecule has 1 aliphatic rings. The first-order chi connectivity index (χ1) is 11.7. The van der Waals surface area contributed by atoms with Gasteiger partial charge in [-0.3, -0.25) is 9.69 Å². The molecule has 0 bridgehead atoms. The summed E-state index contributed by atoms with van der Waals surface area (Å²) in [4.78, 5) is 18.1. The lowest BCUT2D eigenvalue weighted by Gasteiger charge is -2.36. The summed E-state index contributed by atoms with van der Waals surface area (Å²) < 4.78 is 10.7. The standard InChI is InChI=1S/C17H23N3O3S/c1-19(17(21)13-9-14(10-18)23-12-13)11-15(16-3-2-8-24-16)20-4-6-22-7-5-20/h2-3,8-9,12,15H,4-7,10-11,18H2,1H3. The van der Waals surface area contributed by atoms with Crippen molar-refractivity contribution >= 4 is 17.2 Å². The summed E-state index contributed by atoms with van der Waals surface area (Å²) in [7, 11) is 1.83. The van der Waals surface area contributed by atoms with Crippen molar-refractivity contribution in [2.75, 3.05) is 39.9 Å². The van der Waals surface area contributed by atoms with Crippen molar-refractivity contribution in [2.24, 2.45) is 5.73 Å². The van der Waals surface area contributed by atoms with E-state index >= 15 is 0 Å². The van der Waals surface area contributed by atoms with E-state index in [4.69, 9.17) is 14.9 Å². The molecule has 2 N–H and O–H groups in total. The molecule has 1 amide bonds. The van der Waals surface area contributed by atoms with Crippen molar-refractivity contribution in [3.05, 3.63) is 46.0 Å². The molecule has 130 valence electrons. The number of thiophene rings is 1. The van der Waals surface area contributed by atoms with Gasteiger partial charge in [0.25, 0.3) is 5.91 Å². The first-order valence-electron chi connectivity index (χ1n) is 8.07. The lowest BCUT2D eigenvalue weighted by atomic mass is 10.1. The zero-order valence-corrected chi connectivity index (χ0v) is 14.6. The van der Waals surface area contributed by atoms with Crippen molar-refractivity contribution in [3.63, 3.8) is 0 Å². The Balaban J connectivity index is 1.72. The van der Waals surface area contributed by atoms with Crippen LogP contribution in [-0.2, 0) is 11.3 Å². The zero-order valence-electron chi connectivity index (χ0n) is 13.8. The van der Waals surface area contributed by atoms with Crippen LogP contribution in [0.5, 0.6) is 0 Å². The fourth-order valence-corrected chi connectivity index (χ4v) is 3.77. The lowest BCUT2D eigenvalue weighted by molar-refractivity contribution is 0.0104. The fraction of sp³-hybridized carbons (Fsp3) is 0.471. The van der Waals surface area contributed by atoms with Gasteiger partial charge in [-0.05, 0) is 17.5 Å². The van der Waals surface area contributed by atoms with E-state index < -0.39 is 0 Å². The van der Waals surface area contributed by atoms with Gasteiger partial charge in [0.05, 0.1) is 31.4 Å². The monoisotopic (exact) mass is 349 g/mol. The molecule has 3 heterocycles. The summed E-state index contributed by atoms with van der Waals surface area (Å²) >= 11 is 1.73. The van der Waals surface area contributed by atoms with Crippen LogP contribution in [0.2, 0.25) is 0 Å². The number of nitrogens with zero attached hydrogens (tertiary/aromatic N) is 2. The molecule has 0 spiro atoms. The molecule has 1 atom stereocenters. The van der Waals surface area contributed by atoms with Gasteiger partial charge < -0.3 is 19.8 Å². The van der Waals surface area contributed by atoms with Crippen LogP contribution in [0.25, 0.3) is 0 Å². The summed E-state index contributed by atoms with van der Waals surface area (Å²) in [6, 6.07) is 6.09. The Hall–Kier alpha value is -1.67. The number of amides is 1. The van der Waals surface area contributed by atoms with Gasteiger partial charge >= 0.3 is 0 Å². The Morgan fingerprint density at radius 1 is 1.46 bits per heavy atom. The Labute approximate surface area is 145 Å². The third kappa shape index (κ3) is 3.87. The van der Waals surface area contributed by atoms with Crippen LogP contribution >= 0.6 is 11.3 Å². The largest absolute Gasteiger partial charge is 0.467 e. The number of likely N-dealkylation sites (N-methyl/N-ethyl adjacent to an activating group) is 1. The molecule has 1 saturated heterocycles. The predicted molar refractivity (Wildman–Crippen MR) is 93.0 cm³/mol. The van der Waals surface area contributed by atoms with Crippen molar-refractivity contribution in [2.45, 2.75) is 12.6 Å². The summed E-state index contributed by atoms with van der Waals surface area (Å²) in [6.07, 6.45) is 1.48. The van der Waals surface area contributed by atoms with E-state index in [1.165, 1.54) is 11.1 Å². The van der Waals surface area contributed by atoms with Gasteiger partial charge in [-0.15, -0.1) is 11.3 Å². The molecule has 24 heavy (non-hydrogen) atoms. The molecular weight excluding hydrogens is 326 g/mol. The molecule has 2 aromatic heterocycles. The second-order valence-corrected chi connectivity index (χ2v) is 6.85. The number of hydrogen-bond acceptors (Lipinski definition) is 6. The van der Waals surface area contributed by atoms with E-state index in [0.29, 0.717) is 24.4 Å². The highest BCUT2D eigenvalue weighted by Gasteiger charge is 2.27. The summed E-state index contributed by atoms with van der Waals surface area (Å²) in [5.74, 6) is 0.572. The average Bonchev–Trinajstić information content (AvgIpc) is 3.31. The number of nitrogens with two attached hydrogens (primary N) is 1. The van der Waals surface area contributed by atoms with Gasteiger partial charge in [-0.25, -0.2) is 0 Å². The molecule has 0 radical (unpaired) electrons. The highest BCUT2D eigenvalue weighted by molar-refractivity contribution is 7.10. The van der Waals surface area contributed by atoms with Crippen molar-refractivity contribution in [1.82, 2.24) is 9.80 Å². The van der Waals surface area contributed by atoms with Gasteiger partial charge in [0.2, 0.25) is 0 Å². The molecule has 3 rings (SSSR count). The average molecular weight is 349 g/mol. The molecule has 2 aromatic rings. The first-order valence-corrected chi connectivity index (χ1v) is 8.95. The predicted octanol–water partition coefficient (Wildman–Crippen LogP) is 1.95. The SMILES string of the molecule is CN(CC(c1cccs1)N1CCOCC1)C(=O)c1coc(CN)c1. The van der Waals surface area contributed by atoms with Gasteiger partial charge in [0.1, 0.15) is 12.0 Å². The first kappa shape index (κ1) is 17.2. The van der Waals surface area contributed by atoms with Crippen LogP contribution < -0.4 is 5.73 Å². The lowest BCUT2D eigenvalue weighted by Crippen LogP contribution is -2.44. The normalized spacial score (nSPS) is 16.9. The smallest absolute Gasteiger partial charge is 0.256 e. The molecule has 0 aromatic carbocycles. The van der Waals surface area contributed by atoms with E-state index in [0.717, 1.165) is 26.3 Å². The maximum absolute atomic E-state index is 12.6. The highest BCUT2D eigenvalue weighted by atomic mass is 32.1. The van der Waals surface area contributed by atoms with Gasteiger partial charge in [-0.1, -0.05) is 6.07 Å². The Kier molecular flexibility index (Phi) is 5.68. The maximum Gasteiger partial charge on any atom is 0.256 e. The molecule has 0 saturated carbocycles. The van der Waals surface area contributed by atoms with E-state index in [-0.39, 0.29) is 11.9 Å². The van der Waals surface area contributed by atoms with Gasteiger partial charge in [0.15, 0.2) is 0 Å². The number of furan rings is 1. The quantitative estimate of drug-likeness (QED) is 0.863. The Bertz CT molecular complexity index is 650. The Morgan fingerprint density at radius 3 is 2.88 bits per heavy atom. The highest BCUT2D eigenvalue weighted by Crippen LogP contribution is 2.27. The summed E-state index contributed by atoms with van der Waals surface area (Å²) in [5, 5.41) is 2.08. The molecule has 1 fully saturated rings. The molecule has 7 heteroatoms. The van der Waals surface area contributed by atoms with E-state index in [1.807, 2.05) is 7.05 Å². The third-order valence-electron chi connectivity index (χ3n) is 4.25. The summed E-state index contributed by atoms with van der Waals surface area (Å²) in [5.41, 5.74) is 6.09. The number of morpholine rings is 1. The van der Waals surface area contributed by atoms with Crippen LogP contribution in [0.4, 0.5) is 0 Å². The van der Waals surface area contributed by atoms with E-state index in [1.54, 1.807) is 22.3 Å². The molecular formula is C17H23N3O3S. The zero-order chi connectivity index (χ0) is 16.9. The minimum atomic E-state index is -0.0479. The maximum atomic E-state index is 12.6. The van der Waals surface area contributed by atoms with Crippen LogP contribution in [0, 0.1) is 0 Å². The van der Waals surface area contributed by atoms with Gasteiger partial charge in [-0.2, -0.15) is 0 Å². The third-order valence-corrected chi connectivity index (χ3v) is 5.23. The molecule has 0 aliphatic carbocycles. The number of ether oxygens (including phenoxy) is 1. The fourth-order valence-electron chi connectivity index (χ4n) is 2.92. The topological polar surface area (TPSA) is 71.9 Å². The van der Waals surface area contributed by atoms with Crippen LogP contribution in [0.1, 0.15) is 27.0 Å². The number of carbonyl (C=O) groups is 1. The number of hydrogen-bond donors (Lipinski definition) is 1. The number of carbonyl (C=O) groups excluding carboxylic acids is 1. The van der Waals surface area contributed by atoms with Crippen LogP contribution in [0.3, 0.4) is 0 Å².